The zero-order chi connectivity index (χ0) is 22.8. The molecular weight excluding hydrogens is 431 g/mol. The number of nitrogens with one attached hydrogen (secondary N) is 2. The van der Waals surface area contributed by atoms with E-state index in [1.54, 1.807) is 0 Å². The molecule has 0 aliphatic rings. The summed E-state index contributed by atoms with van der Waals surface area (Å²) in [5.41, 5.74) is -7.13. The second kappa shape index (κ2) is 8.17. The summed E-state index contributed by atoms with van der Waals surface area (Å²) in [5, 5.41) is 2.08. The van der Waals surface area contributed by atoms with Crippen molar-refractivity contribution in [2.45, 2.75) is 30.7 Å². The quantitative estimate of drug-likeness (QED) is 0.501. The molecule has 12 heteroatoms. The van der Waals surface area contributed by atoms with Crippen LogP contribution >= 0.6 is 0 Å². The SMILES string of the molecule is O=C(NC(NCc1cccc(C(F)(F)F)c1)(C(F)(F)F)C(F)(F)F)c1ccccc1. The van der Waals surface area contributed by atoms with Gasteiger partial charge in [0.15, 0.2) is 0 Å². The fraction of sp³-hybridized carbons (Fsp3) is 0.278. The molecule has 0 spiro atoms. The van der Waals surface area contributed by atoms with E-state index in [9.17, 15) is 44.3 Å². The van der Waals surface area contributed by atoms with Gasteiger partial charge >= 0.3 is 18.5 Å². The van der Waals surface area contributed by atoms with Crippen LogP contribution in [0, 0.1) is 0 Å². The van der Waals surface area contributed by atoms with Gasteiger partial charge in [-0.15, -0.1) is 0 Å². The van der Waals surface area contributed by atoms with Crippen molar-refractivity contribution < 1.29 is 44.3 Å². The molecule has 0 unspecified atom stereocenters. The molecule has 0 aliphatic carbocycles. The van der Waals surface area contributed by atoms with E-state index in [0.717, 1.165) is 34.9 Å². The predicted molar refractivity (Wildman–Crippen MR) is 87.0 cm³/mol. The summed E-state index contributed by atoms with van der Waals surface area (Å²) in [5.74, 6) is -1.68. The van der Waals surface area contributed by atoms with E-state index in [-0.39, 0.29) is 0 Å². The van der Waals surface area contributed by atoms with E-state index < -0.39 is 53.3 Å². The van der Waals surface area contributed by atoms with Crippen molar-refractivity contribution in [3.8, 4) is 0 Å². The number of amides is 1. The number of halogens is 9. The third-order valence-corrected chi connectivity index (χ3v) is 4.00. The van der Waals surface area contributed by atoms with Gasteiger partial charge in [0.25, 0.3) is 11.6 Å². The van der Waals surface area contributed by atoms with Crippen LogP contribution in [0.5, 0.6) is 0 Å². The van der Waals surface area contributed by atoms with Crippen LogP contribution in [0.4, 0.5) is 39.5 Å². The average molecular weight is 444 g/mol. The fourth-order valence-electron chi connectivity index (χ4n) is 2.47. The maximum Gasteiger partial charge on any atom is 0.434 e. The van der Waals surface area contributed by atoms with Gasteiger partial charge in [-0.3, -0.25) is 10.1 Å². The highest BCUT2D eigenvalue weighted by Gasteiger charge is 2.72. The molecule has 30 heavy (non-hydrogen) atoms. The molecule has 1 amide bonds. The Bertz CT molecular complexity index is 860. The number of hydrogen-bond donors (Lipinski definition) is 2. The van der Waals surface area contributed by atoms with Crippen LogP contribution in [-0.2, 0) is 12.7 Å². The Balaban J connectivity index is 2.41. The number of carbonyl (C=O) groups excluding carboxylic acids is 1. The summed E-state index contributed by atoms with van der Waals surface area (Å²) < 4.78 is 119. The first-order chi connectivity index (χ1) is 13.7. The molecule has 0 saturated carbocycles. The van der Waals surface area contributed by atoms with Gasteiger partial charge in [-0.05, 0) is 23.8 Å². The number of benzene rings is 2. The van der Waals surface area contributed by atoms with E-state index in [1.165, 1.54) is 18.2 Å². The molecule has 0 saturated heterocycles. The van der Waals surface area contributed by atoms with Crippen LogP contribution < -0.4 is 10.6 Å². The second-order valence-corrected chi connectivity index (χ2v) is 6.12. The minimum atomic E-state index is -6.07. The smallest absolute Gasteiger partial charge is 0.319 e. The van der Waals surface area contributed by atoms with Gasteiger partial charge in [-0.25, -0.2) is 0 Å². The summed E-state index contributed by atoms with van der Waals surface area (Å²) in [6.07, 6.45) is -17.0. The first-order valence-corrected chi connectivity index (χ1v) is 8.09. The summed E-state index contributed by atoms with van der Waals surface area (Å²) >= 11 is 0. The van der Waals surface area contributed by atoms with Gasteiger partial charge in [-0.1, -0.05) is 36.4 Å². The molecule has 164 valence electrons. The van der Waals surface area contributed by atoms with E-state index >= 15 is 0 Å². The van der Waals surface area contributed by atoms with Crippen molar-refractivity contribution in [1.29, 1.82) is 0 Å². The molecule has 0 bridgehead atoms. The molecule has 3 nitrogen and oxygen atoms in total. The molecule has 0 atom stereocenters. The van der Waals surface area contributed by atoms with Gasteiger partial charge in [0, 0.05) is 12.1 Å². The molecule has 2 N–H and O–H groups in total. The molecule has 0 fully saturated rings. The Morgan fingerprint density at radius 3 is 1.83 bits per heavy atom. The van der Waals surface area contributed by atoms with E-state index in [0.29, 0.717) is 12.1 Å². The molecule has 2 rings (SSSR count). The summed E-state index contributed by atoms with van der Waals surface area (Å²) in [6.45, 7) is -1.27. The minimum Gasteiger partial charge on any atom is -0.319 e. The Morgan fingerprint density at radius 1 is 0.767 bits per heavy atom. The number of rotatable bonds is 5. The van der Waals surface area contributed by atoms with Gasteiger partial charge in [-0.2, -0.15) is 39.5 Å². The standard InChI is InChI=1S/C18H13F9N2O/c19-15(20,21)13-8-4-5-11(9-13)10-28-16(17(22,23)24,18(25,26)27)29-14(30)12-6-2-1-3-7-12/h1-9,28H,10H2,(H,29,30). The van der Waals surface area contributed by atoms with Crippen molar-refractivity contribution in [3.63, 3.8) is 0 Å². The van der Waals surface area contributed by atoms with Gasteiger partial charge in [0.2, 0.25) is 0 Å². The van der Waals surface area contributed by atoms with E-state index in [2.05, 4.69) is 0 Å². The first kappa shape index (κ1) is 23.5. The predicted octanol–water partition coefficient (Wildman–Crippen LogP) is 5.05. The molecule has 0 aliphatic heterocycles. The third-order valence-electron chi connectivity index (χ3n) is 4.00. The Hall–Kier alpha value is -2.76. The van der Waals surface area contributed by atoms with Gasteiger partial charge < -0.3 is 5.32 Å². The number of carbonyl (C=O) groups is 1. The van der Waals surface area contributed by atoms with Gasteiger partial charge in [0.05, 0.1) is 5.56 Å². The van der Waals surface area contributed by atoms with E-state index in [1.807, 2.05) is 0 Å². The van der Waals surface area contributed by atoms with Crippen molar-refractivity contribution >= 4 is 5.91 Å². The van der Waals surface area contributed by atoms with E-state index in [4.69, 9.17) is 0 Å². The highest BCUT2D eigenvalue weighted by atomic mass is 19.4. The van der Waals surface area contributed by atoms with Crippen LogP contribution in [0.2, 0.25) is 0 Å². The summed E-state index contributed by atoms with van der Waals surface area (Å²) in [7, 11) is 0. The largest absolute Gasteiger partial charge is 0.434 e. The lowest BCUT2D eigenvalue weighted by atomic mass is 10.1. The Morgan fingerprint density at radius 2 is 1.33 bits per heavy atom. The molecule has 0 radical (unpaired) electrons. The number of alkyl halides is 9. The third kappa shape index (κ3) is 5.04. The molecule has 0 heterocycles. The number of hydrogen-bond acceptors (Lipinski definition) is 2. The summed E-state index contributed by atoms with van der Waals surface area (Å²) in [4.78, 5) is 12.1. The zero-order valence-corrected chi connectivity index (χ0v) is 14.7. The maximum atomic E-state index is 13.5. The minimum absolute atomic E-state index is 0.406. The fourth-order valence-corrected chi connectivity index (χ4v) is 2.47. The van der Waals surface area contributed by atoms with Crippen molar-refractivity contribution in [1.82, 2.24) is 10.6 Å². The van der Waals surface area contributed by atoms with Crippen molar-refractivity contribution in [2.75, 3.05) is 0 Å². The van der Waals surface area contributed by atoms with Crippen molar-refractivity contribution in [2.24, 2.45) is 0 Å². The lowest BCUT2D eigenvalue weighted by Crippen LogP contribution is -2.75. The zero-order valence-electron chi connectivity index (χ0n) is 14.7. The van der Waals surface area contributed by atoms with Crippen LogP contribution in [0.25, 0.3) is 0 Å². The highest BCUT2D eigenvalue weighted by Crippen LogP contribution is 2.42. The highest BCUT2D eigenvalue weighted by molar-refractivity contribution is 5.94. The lowest BCUT2D eigenvalue weighted by Gasteiger charge is -2.38. The first-order valence-electron chi connectivity index (χ1n) is 8.09. The molecule has 2 aromatic rings. The normalized spacial score (nSPS) is 13.2. The van der Waals surface area contributed by atoms with Crippen LogP contribution in [0.1, 0.15) is 21.5 Å². The van der Waals surface area contributed by atoms with Crippen molar-refractivity contribution in [3.05, 3.63) is 71.3 Å². The Labute approximate surface area is 163 Å². The second-order valence-electron chi connectivity index (χ2n) is 6.12. The Kier molecular flexibility index (Phi) is 6.40. The average Bonchev–Trinajstić information content (AvgIpc) is 2.63. The maximum absolute atomic E-state index is 13.5. The topological polar surface area (TPSA) is 41.1 Å². The monoisotopic (exact) mass is 444 g/mol. The van der Waals surface area contributed by atoms with Gasteiger partial charge in [0.1, 0.15) is 0 Å². The summed E-state index contributed by atoms with van der Waals surface area (Å²) in [6, 6.07) is 8.62. The van der Waals surface area contributed by atoms with Crippen LogP contribution in [0.3, 0.4) is 0 Å². The van der Waals surface area contributed by atoms with Crippen LogP contribution in [0.15, 0.2) is 54.6 Å². The lowest BCUT2D eigenvalue weighted by molar-refractivity contribution is -0.314. The molecule has 0 aromatic heterocycles. The van der Waals surface area contributed by atoms with Crippen LogP contribution in [-0.4, -0.2) is 23.9 Å². The molecular formula is C18H13F9N2O. The molecule has 2 aromatic carbocycles.